The van der Waals surface area contributed by atoms with E-state index in [2.05, 4.69) is 38.6 Å². The summed E-state index contributed by atoms with van der Waals surface area (Å²) in [6.45, 7) is 9.35. The highest BCUT2D eigenvalue weighted by Gasteiger charge is 2.21. The van der Waals surface area contributed by atoms with Crippen molar-refractivity contribution < 1.29 is 9.84 Å². The van der Waals surface area contributed by atoms with E-state index in [0.29, 0.717) is 12.4 Å². The molecule has 0 bridgehead atoms. The van der Waals surface area contributed by atoms with Crippen LogP contribution in [0.5, 0.6) is 5.75 Å². The van der Waals surface area contributed by atoms with Crippen LogP contribution < -0.4 is 0 Å². The van der Waals surface area contributed by atoms with Gasteiger partial charge in [-0.2, -0.15) is 0 Å². The standard InChI is InChI=1S/C25H30O2/c1-4-8-18(3)21-15-16-27-25(21)14-11-19(5-2)17-20-12-13-24(26)23-10-7-6-9-22(20)23/h6-7,9-10,12-13,15,17,25-26H,3-5,8,11,14,16H2,1-2H3/b19-17+. The summed E-state index contributed by atoms with van der Waals surface area (Å²) >= 11 is 0. The second kappa shape index (κ2) is 9.05. The van der Waals surface area contributed by atoms with E-state index in [1.54, 1.807) is 6.07 Å². The third-order valence-corrected chi connectivity index (χ3v) is 5.38. The lowest BCUT2D eigenvalue weighted by Crippen LogP contribution is -2.11. The molecule has 0 fully saturated rings. The first-order valence-electron chi connectivity index (χ1n) is 10.0. The van der Waals surface area contributed by atoms with E-state index in [0.717, 1.165) is 42.9 Å². The Kier molecular flexibility index (Phi) is 6.52. The molecule has 1 N–H and O–H groups in total. The maximum Gasteiger partial charge on any atom is 0.123 e. The van der Waals surface area contributed by atoms with Crippen molar-refractivity contribution in [3.8, 4) is 5.75 Å². The van der Waals surface area contributed by atoms with Gasteiger partial charge in [0.15, 0.2) is 0 Å². The van der Waals surface area contributed by atoms with Gasteiger partial charge in [0.2, 0.25) is 0 Å². The van der Waals surface area contributed by atoms with Gasteiger partial charge in [-0.1, -0.05) is 74.9 Å². The molecular formula is C25H30O2. The van der Waals surface area contributed by atoms with Gasteiger partial charge in [-0.15, -0.1) is 0 Å². The highest BCUT2D eigenvalue weighted by molar-refractivity contribution is 5.94. The zero-order chi connectivity index (χ0) is 19.2. The van der Waals surface area contributed by atoms with E-state index in [-0.39, 0.29) is 6.10 Å². The number of aromatic hydroxyl groups is 1. The molecule has 0 spiro atoms. The smallest absolute Gasteiger partial charge is 0.123 e. The molecule has 0 amide bonds. The number of allylic oxidation sites excluding steroid dienone is 1. The Hall–Kier alpha value is -2.32. The summed E-state index contributed by atoms with van der Waals surface area (Å²) in [6.07, 6.45) is 9.83. The van der Waals surface area contributed by atoms with Gasteiger partial charge in [-0.25, -0.2) is 0 Å². The maximum atomic E-state index is 10.1. The molecular weight excluding hydrogens is 332 g/mol. The van der Waals surface area contributed by atoms with Crippen LogP contribution in [0.2, 0.25) is 0 Å². The first kappa shape index (κ1) is 19.4. The molecule has 142 valence electrons. The van der Waals surface area contributed by atoms with Crippen LogP contribution in [0.3, 0.4) is 0 Å². The Bertz CT molecular complexity index is 873. The molecule has 3 rings (SSSR count). The Balaban J connectivity index is 1.76. The van der Waals surface area contributed by atoms with Gasteiger partial charge in [0.1, 0.15) is 5.75 Å². The fourth-order valence-electron chi connectivity index (χ4n) is 3.85. The van der Waals surface area contributed by atoms with E-state index in [1.807, 2.05) is 24.3 Å². The third kappa shape index (κ3) is 4.51. The van der Waals surface area contributed by atoms with E-state index in [1.165, 1.54) is 22.3 Å². The lowest BCUT2D eigenvalue weighted by molar-refractivity contribution is 0.116. The van der Waals surface area contributed by atoms with Crippen molar-refractivity contribution in [2.75, 3.05) is 6.61 Å². The number of phenolic OH excluding ortho intramolecular Hbond substituents is 1. The van der Waals surface area contributed by atoms with Crippen LogP contribution in [0.15, 0.2) is 65.8 Å². The van der Waals surface area contributed by atoms with Gasteiger partial charge in [-0.05, 0) is 53.8 Å². The van der Waals surface area contributed by atoms with Crippen molar-refractivity contribution >= 4 is 16.8 Å². The minimum Gasteiger partial charge on any atom is -0.507 e. The molecule has 2 nitrogen and oxygen atoms in total. The largest absolute Gasteiger partial charge is 0.507 e. The van der Waals surface area contributed by atoms with Crippen LogP contribution in [0.25, 0.3) is 16.8 Å². The van der Waals surface area contributed by atoms with Gasteiger partial charge in [0.05, 0.1) is 12.7 Å². The molecule has 0 saturated carbocycles. The minimum atomic E-state index is 0.176. The zero-order valence-electron chi connectivity index (χ0n) is 16.5. The molecule has 0 aromatic heterocycles. The molecule has 1 unspecified atom stereocenters. The van der Waals surface area contributed by atoms with Gasteiger partial charge >= 0.3 is 0 Å². The number of phenols is 1. The molecule has 2 aromatic carbocycles. The number of rotatable bonds is 8. The van der Waals surface area contributed by atoms with Crippen molar-refractivity contribution in [2.24, 2.45) is 0 Å². The summed E-state index contributed by atoms with van der Waals surface area (Å²) in [5.74, 6) is 0.337. The van der Waals surface area contributed by atoms with E-state index in [9.17, 15) is 5.11 Å². The van der Waals surface area contributed by atoms with Gasteiger partial charge in [0.25, 0.3) is 0 Å². The van der Waals surface area contributed by atoms with E-state index >= 15 is 0 Å². The molecule has 0 radical (unpaired) electrons. The first-order chi connectivity index (χ1) is 13.1. The van der Waals surface area contributed by atoms with Crippen molar-refractivity contribution in [1.82, 2.24) is 0 Å². The summed E-state index contributed by atoms with van der Waals surface area (Å²) < 4.78 is 5.95. The third-order valence-electron chi connectivity index (χ3n) is 5.38. The predicted molar refractivity (Wildman–Crippen MR) is 115 cm³/mol. The second-order valence-electron chi connectivity index (χ2n) is 7.25. The van der Waals surface area contributed by atoms with Crippen molar-refractivity contribution in [2.45, 2.75) is 52.1 Å². The van der Waals surface area contributed by atoms with E-state index in [4.69, 9.17) is 4.74 Å². The van der Waals surface area contributed by atoms with Crippen LogP contribution in [-0.4, -0.2) is 17.8 Å². The number of ether oxygens (including phenoxy) is 1. The highest BCUT2D eigenvalue weighted by Crippen LogP contribution is 2.31. The fourth-order valence-corrected chi connectivity index (χ4v) is 3.85. The Morgan fingerprint density at radius 2 is 1.93 bits per heavy atom. The van der Waals surface area contributed by atoms with Crippen molar-refractivity contribution in [1.29, 1.82) is 0 Å². The van der Waals surface area contributed by atoms with Gasteiger partial charge < -0.3 is 9.84 Å². The topological polar surface area (TPSA) is 29.5 Å². The maximum absolute atomic E-state index is 10.1. The van der Waals surface area contributed by atoms with Crippen LogP contribution >= 0.6 is 0 Å². The lowest BCUT2D eigenvalue weighted by atomic mass is 9.93. The van der Waals surface area contributed by atoms with Crippen LogP contribution in [0, 0.1) is 0 Å². The van der Waals surface area contributed by atoms with Crippen LogP contribution in [0.1, 0.15) is 51.5 Å². The molecule has 1 aliphatic rings. The molecule has 27 heavy (non-hydrogen) atoms. The number of hydrogen-bond acceptors (Lipinski definition) is 2. The molecule has 0 aliphatic carbocycles. The number of hydrogen-bond donors (Lipinski definition) is 1. The molecule has 1 aliphatic heterocycles. The zero-order valence-corrected chi connectivity index (χ0v) is 16.5. The van der Waals surface area contributed by atoms with Crippen molar-refractivity contribution in [3.63, 3.8) is 0 Å². The average molecular weight is 363 g/mol. The van der Waals surface area contributed by atoms with Gasteiger partial charge in [0, 0.05) is 5.39 Å². The summed E-state index contributed by atoms with van der Waals surface area (Å²) in [7, 11) is 0. The highest BCUT2D eigenvalue weighted by atomic mass is 16.5. The summed E-state index contributed by atoms with van der Waals surface area (Å²) in [5.41, 5.74) is 5.11. The molecule has 0 saturated heterocycles. The summed E-state index contributed by atoms with van der Waals surface area (Å²) in [4.78, 5) is 0. The molecule has 1 atom stereocenters. The molecule has 1 heterocycles. The number of benzene rings is 2. The Morgan fingerprint density at radius 3 is 2.67 bits per heavy atom. The van der Waals surface area contributed by atoms with E-state index < -0.39 is 0 Å². The Morgan fingerprint density at radius 1 is 1.15 bits per heavy atom. The van der Waals surface area contributed by atoms with Crippen LogP contribution in [-0.2, 0) is 4.74 Å². The quantitative estimate of drug-likeness (QED) is 0.559. The molecule has 2 aromatic rings. The summed E-state index contributed by atoms with van der Waals surface area (Å²) in [5, 5.41) is 12.1. The molecule has 2 heteroatoms. The SMILES string of the molecule is C=C(CCC)C1=CCOC1CC/C(=C/c1ccc(O)c2ccccc12)CC. The number of fused-ring (bicyclic) bond motifs is 1. The first-order valence-corrected chi connectivity index (χ1v) is 10.0. The fraction of sp³-hybridized carbons (Fsp3) is 0.360. The second-order valence-corrected chi connectivity index (χ2v) is 7.25. The average Bonchev–Trinajstić information content (AvgIpc) is 3.16. The van der Waals surface area contributed by atoms with Crippen LogP contribution in [0.4, 0.5) is 0 Å². The summed E-state index contributed by atoms with van der Waals surface area (Å²) in [6, 6.07) is 11.8. The monoisotopic (exact) mass is 362 g/mol. The minimum absolute atomic E-state index is 0.176. The van der Waals surface area contributed by atoms with Gasteiger partial charge in [-0.3, -0.25) is 0 Å². The van der Waals surface area contributed by atoms with Crippen molar-refractivity contribution in [3.05, 3.63) is 71.3 Å². The predicted octanol–water partition coefficient (Wildman–Crippen LogP) is 6.80. The Labute approximate surface area is 162 Å². The normalized spacial score (nSPS) is 17.3. The lowest BCUT2D eigenvalue weighted by Gasteiger charge is -2.17.